The summed E-state index contributed by atoms with van der Waals surface area (Å²) >= 11 is 0. The monoisotopic (exact) mass is 474 g/mol. The van der Waals surface area contributed by atoms with Crippen molar-refractivity contribution in [2.75, 3.05) is 36.9 Å². The summed E-state index contributed by atoms with van der Waals surface area (Å²) in [6.45, 7) is 7.90. The maximum Gasteiger partial charge on any atom is 0.233 e. The predicted molar refractivity (Wildman–Crippen MR) is 132 cm³/mol. The van der Waals surface area contributed by atoms with Crippen LogP contribution < -0.4 is 20.1 Å². The number of nitrogens with zero attached hydrogens (tertiary/aromatic N) is 2. The van der Waals surface area contributed by atoms with Crippen molar-refractivity contribution in [2.24, 2.45) is 0 Å². The second-order valence-corrected chi connectivity index (χ2v) is 9.30. The van der Waals surface area contributed by atoms with Crippen LogP contribution in [0.25, 0.3) is 0 Å². The highest BCUT2D eigenvalue weighted by Crippen LogP contribution is 2.19. The van der Waals surface area contributed by atoms with E-state index >= 15 is 0 Å². The van der Waals surface area contributed by atoms with E-state index in [2.05, 4.69) is 10.6 Å². The topological polar surface area (TPSA) is 129 Å². The summed E-state index contributed by atoms with van der Waals surface area (Å²) < 4.78 is 11.5. The number of unbranched alkanes of at least 4 members (excludes halogenated alkanes) is 1. The second kappa shape index (κ2) is 12.1. The lowest BCUT2D eigenvalue weighted by molar-refractivity contribution is -0.556. The third-order valence-corrected chi connectivity index (χ3v) is 5.22. The van der Waals surface area contributed by atoms with Crippen LogP contribution in [-0.2, 0) is 0 Å². The Kier molecular flexibility index (Phi) is 9.47. The Morgan fingerprint density at radius 2 is 1.00 bits per heavy atom. The van der Waals surface area contributed by atoms with Gasteiger partial charge in [0.05, 0.1) is 26.3 Å². The van der Waals surface area contributed by atoms with Gasteiger partial charge in [0.25, 0.3) is 0 Å². The number of hydrogen-bond acceptors (Lipinski definition) is 8. The summed E-state index contributed by atoms with van der Waals surface area (Å²) in [5.41, 5.74) is -0.462. The SMILES string of the molecule is CC(C)(CNc1ccc(OCCCCOc2ccc(NCC(C)(C)[N+](=O)[O-])cc2)cc1)[N+](=O)[O-]. The number of nitrogens with one attached hydrogen (secondary N) is 2. The third-order valence-electron chi connectivity index (χ3n) is 5.22. The van der Waals surface area contributed by atoms with Crippen LogP contribution >= 0.6 is 0 Å². The van der Waals surface area contributed by atoms with Crippen molar-refractivity contribution in [3.8, 4) is 11.5 Å². The molecule has 0 amide bonds. The molecule has 0 heterocycles. The fourth-order valence-electron chi connectivity index (χ4n) is 2.69. The Morgan fingerprint density at radius 3 is 1.29 bits per heavy atom. The maximum absolute atomic E-state index is 11.0. The Labute approximate surface area is 200 Å². The molecule has 0 spiro atoms. The zero-order chi connectivity index (χ0) is 25.2. The quantitative estimate of drug-likeness (QED) is 0.213. The van der Waals surface area contributed by atoms with Gasteiger partial charge in [0.2, 0.25) is 11.1 Å². The van der Waals surface area contributed by atoms with Crippen molar-refractivity contribution in [3.63, 3.8) is 0 Å². The van der Waals surface area contributed by atoms with Crippen LogP contribution in [0.1, 0.15) is 40.5 Å². The van der Waals surface area contributed by atoms with E-state index in [1.54, 1.807) is 27.7 Å². The molecule has 0 bridgehead atoms. The van der Waals surface area contributed by atoms with E-state index in [4.69, 9.17) is 9.47 Å². The van der Waals surface area contributed by atoms with Gasteiger partial charge in [-0.05, 0) is 61.4 Å². The summed E-state index contributed by atoms with van der Waals surface area (Å²) in [7, 11) is 0. The van der Waals surface area contributed by atoms with Crippen molar-refractivity contribution < 1.29 is 19.3 Å². The van der Waals surface area contributed by atoms with Crippen LogP contribution in [0.4, 0.5) is 11.4 Å². The first kappa shape index (κ1) is 26.7. The standard InChI is InChI=1S/C24H34N4O6/c1-23(2,27(29)30)17-25-19-7-11-21(12-8-19)33-15-5-6-16-34-22-13-9-20(10-14-22)26-18-24(3,4)28(31)32/h7-14,25-26H,5-6,15-18H2,1-4H3. The molecule has 2 aromatic carbocycles. The van der Waals surface area contributed by atoms with Gasteiger partial charge in [0.15, 0.2) is 0 Å². The largest absolute Gasteiger partial charge is 0.494 e. The highest BCUT2D eigenvalue weighted by molar-refractivity contribution is 5.47. The summed E-state index contributed by atoms with van der Waals surface area (Å²) in [6, 6.07) is 14.7. The lowest BCUT2D eigenvalue weighted by Crippen LogP contribution is -2.38. The first-order valence-electron chi connectivity index (χ1n) is 11.2. The van der Waals surface area contributed by atoms with Gasteiger partial charge in [-0.2, -0.15) is 0 Å². The van der Waals surface area contributed by atoms with Crippen molar-refractivity contribution in [3.05, 3.63) is 68.8 Å². The van der Waals surface area contributed by atoms with Gasteiger partial charge < -0.3 is 20.1 Å². The average Bonchev–Trinajstić information content (AvgIpc) is 2.80. The minimum Gasteiger partial charge on any atom is -0.494 e. The van der Waals surface area contributed by atoms with Crippen molar-refractivity contribution in [1.29, 1.82) is 0 Å². The Balaban J connectivity index is 1.62. The molecule has 0 aliphatic carbocycles. The Hall–Kier alpha value is -3.56. The van der Waals surface area contributed by atoms with Crippen LogP contribution in [0, 0.1) is 20.2 Å². The van der Waals surface area contributed by atoms with Gasteiger partial charge in [0, 0.05) is 48.9 Å². The number of hydrogen-bond donors (Lipinski definition) is 2. The molecule has 0 fully saturated rings. The molecule has 0 unspecified atom stereocenters. The molecule has 2 rings (SSSR count). The van der Waals surface area contributed by atoms with E-state index in [0.29, 0.717) is 13.2 Å². The number of anilines is 2. The highest BCUT2D eigenvalue weighted by atomic mass is 16.6. The van der Waals surface area contributed by atoms with Crippen LogP contribution in [0.2, 0.25) is 0 Å². The molecule has 2 aromatic rings. The molecule has 0 saturated carbocycles. The van der Waals surface area contributed by atoms with Crippen LogP contribution in [0.15, 0.2) is 48.5 Å². The summed E-state index contributed by atoms with van der Waals surface area (Å²) in [4.78, 5) is 21.4. The summed E-state index contributed by atoms with van der Waals surface area (Å²) in [5, 5.41) is 28.1. The van der Waals surface area contributed by atoms with E-state index in [0.717, 1.165) is 35.7 Å². The summed E-state index contributed by atoms with van der Waals surface area (Å²) in [5.74, 6) is 1.48. The fourth-order valence-corrected chi connectivity index (χ4v) is 2.69. The first-order chi connectivity index (χ1) is 16.0. The summed E-state index contributed by atoms with van der Waals surface area (Å²) in [6.07, 6.45) is 1.65. The minimum absolute atomic E-state index is 0.235. The van der Waals surface area contributed by atoms with Crippen molar-refractivity contribution >= 4 is 11.4 Å². The third kappa shape index (κ3) is 8.76. The average molecular weight is 475 g/mol. The molecule has 34 heavy (non-hydrogen) atoms. The van der Waals surface area contributed by atoms with Crippen LogP contribution in [0.3, 0.4) is 0 Å². The van der Waals surface area contributed by atoms with Gasteiger partial charge in [0.1, 0.15) is 11.5 Å². The van der Waals surface area contributed by atoms with Crippen LogP contribution in [0.5, 0.6) is 11.5 Å². The molecule has 2 N–H and O–H groups in total. The predicted octanol–water partition coefficient (Wildman–Crippen LogP) is 4.86. The van der Waals surface area contributed by atoms with E-state index in [-0.39, 0.29) is 22.9 Å². The molecule has 0 aliphatic heterocycles. The van der Waals surface area contributed by atoms with Gasteiger partial charge in [-0.1, -0.05) is 0 Å². The minimum atomic E-state index is -1.04. The molecule has 10 heteroatoms. The Bertz CT molecular complexity index is 852. The number of benzene rings is 2. The van der Waals surface area contributed by atoms with E-state index in [1.165, 1.54) is 0 Å². The molecule has 0 radical (unpaired) electrons. The smallest absolute Gasteiger partial charge is 0.233 e. The van der Waals surface area contributed by atoms with Gasteiger partial charge in [-0.25, -0.2) is 0 Å². The second-order valence-electron chi connectivity index (χ2n) is 9.30. The van der Waals surface area contributed by atoms with E-state index in [1.807, 2.05) is 48.5 Å². The molecule has 0 atom stereocenters. The number of rotatable bonds is 15. The fraction of sp³-hybridized carbons (Fsp3) is 0.500. The van der Waals surface area contributed by atoms with Crippen molar-refractivity contribution in [1.82, 2.24) is 0 Å². The Morgan fingerprint density at radius 1 is 0.676 bits per heavy atom. The molecule has 186 valence electrons. The lowest BCUT2D eigenvalue weighted by Gasteiger charge is -2.17. The molecular weight excluding hydrogens is 440 g/mol. The van der Waals surface area contributed by atoms with E-state index < -0.39 is 11.1 Å². The van der Waals surface area contributed by atoms with Gasteiger partial charge in [-0.15, -0.1) is 0 Å². The molecule has 0 aromatic heterocycles. The van der Waals surface area contributed by atoms with Crippen molar-refractivity contribution in [2.45, 2.75) is 51.6 Å². The zero-order valence-electron chi connectivity index (χ0n) is 20.2. The normalized spacial score (nSPS) is 11.5. The first-order valence-corrected chi connectivity index (χ1v) is 11.2. The molecule has 0 aliphatic rings. The van der Waals surface area contributed by atoms with Gasteiger partial charge in [-0.3, -0.25) is 20.2 Å². The number of ether oxygens (including phenoxy) is 2. The zero-order valence-corrected chi connectivity index (χ0v) is 20.2. The number of nitro groups is 2. The molecular formula is C24H34N4O6. The maximum atomic E-state index is 11.0. The molecule has 10 nitrogen and oxygen atoms in total. The van der Waals surface area contributed by atoms with Gasteiger partial charge >= 0.3 is 0 Å². The van der Waals surface area contributed by atoms with E-state index in [9.17, 15) is 20.2 Å². The van der Waals surface area contributed by atoms with Crippen LogP contribution in [-0.4, -0.2) is 47.2 Å². The molecule has 0 saturated heterocycles. The highest BCUT2D eigenvalue weighted by Gasteiger charge is 2.30. The lowest BCUT2D eigenvalue weighted by atomic mass is 10.1.